The summed E-state index contributed by atoms with van der Waals surface area (Å²) in [6, 6.07) is 14.1. The predicted molar refractivity (Wildman–Crippen MR) is 136 cm³/mol. The maximum absolute atomic E-state index is 13.0. The summed E-state index contributed by atoms with van der Waals surface area (Å²) < 4.78 is 33.1. The molecule has 3 aromatic rings. The van der Waals surface area contributed by atoms with Crippen LogP contribution in [0.25, 0.3) is 0 Å². The molecule has 1 aliphatic heterocycles. The van der Waals surface area contributed by atoms with E-state index in [-0.39, 0.29) is 17.0 Å². The lowest BCUT2D eigenvalue weighted by Crippen LogP contribution is -2.41. The van der Waals surface area contributed by atoms with Crippen molar-refractivity contribution < 1.29 is 17.6 Å². The summed E-state index contributed by atoms with van der Waals surface area (Å²) in [4.78, 5) is 14.0. The molecule has 2 aromatic carbocycles. The molecule has 0 saturated carbocycles. The zero-order valence-electron chi connectivity index (χ0n) is 20.1. The molecule has 1 aromatic heterocycles. The Labute approximate surface area is 210 Å². The quantitative estimate of drug-likeness (QED) is 0.423. The van der Waals surface area contributed by atoms with Gasteiger partial charge in [-0.15, -0.1) is 16.9 Å². The van der Waals surface area contributed by atoms with Crippen LogP contribution in [0.4, 0.5) is 6.01 Å². The van der Waals surface area contributed by atoms with Gasteiger partial charge in [-0.2, -0.15) is 4.31 Å². The number of hydrogen-bond acceptors (Lipinski definition) is 7. The number of carbonyl (C=O) groups is 1. The van der Waals surface area contributed by atoms with Crippen molar-refractivity contribution in [2.75, 3.05) is 11.9 Å². The smallest absolute Gasteiger partial charge is 0.322 e. The Morgan fingerprint density at radius 2 is 1.83 bits per heavy atom. The standard InChI is InChI=1S/C25H30N4O4S2/c1-17(2)34-21-11-7-19(8-12-21)16-23-27-28-25(33-23)26-24(30)20-9-13-22(14-10-20)35(31,32)29-15-5-4-6-18(29)3/h7-14,17-18H,4-6,15-16H2,1-3H3,(H,26,28,30). The second-order valence-corrected chi connectivity index (χ2v) is 12.5. The second kappa shape index (κ2) is 10.9. The fraction of sp³-hybridized carbons (Fsp3) is 0.400. The number of rotatable bonds is 8. The second-order valence-electron chi connectivity index (χ2n) is 8.93. The molecular formula is C25H30N4O4S2. The number of nitrogens with zero attached hydrogens (tertiary/aromatic N) is 3. The van der Waals surface area contributed by atoms with Crippen molar-refractivity contribution in [1.29, 1.82) is 0 Å². The number of sulfonamides is 1. The number of carbonyl (C=O) groups excluding carboxylic acids is 1. The average Bonchev–Trinajstić information content (AvgIpc) is 3.27. The number of anilines is 1. The zero-order chi connectivity index (χ0) is 25.0. The lowest BCUT2D eigenvalue weighted by molar-refractivity contribution is 0.102. The number of thioether (sulfide) groups is 1. The van der Waals surface area contributed by atoms with Gasteiger partial charge in [-0.25, -0.2) is 8.42 Å². The summed E-state index contributed by atoms with van der Waals surface area (Å²) in [6.45, 7) is 6.75. The summed E-state index contributed by atoms with van der Waals surface area (Å²) in [5.74, 6) is -0.0628. The minimum absolute atomic E-state index is 0.00387. The van der Waals surface area contributed by atoms with E-state index in [0.717, 1.165) is 24.8 Å². The fourth-order valence-electron chi connectivity index (χ4n) is 4.02. The molecule has 1 saturated heterocycles. The molecule has 35 heavy (non-hydrogen) atoms. The lowest BCUT2D eigenvalue weighted by atomic mass is 10.1. The monoisotopic (exact) mass is 514 g/mol. The zero-order valence-corrected chi connectivity index (χ0v) is 21.7. The van der Waals surface area contributed by atoms with Crippen LogP contribution in [0, 0.1) is 0 Å². The van der Waals surface area contributed by atoms with Crippen molar-refractivity contribution in [3.63, 3.8) is 0 Å². The van der Waals surface area contributed by atoms with E-state index < -0.39 is 15.9 Å². The molecule has 1 atom stereocenters. The molecule has 0 bridgehead atoms. The van der Waals surface area contributed by atoms with Gasteiger partial charge < -0.3 is 4.42 Å². The van der Waals surface area contributed by atoms with E-state index >= 15 is 0 Å². The van der Waals surface area contributed by atoms with Crippen LogP contribution in [0.1, 0.15) is 61.8 Å². The Balaban J connectivity index is 1.37. The van der Waals surface area contributed by atoms with Crippen LogP contribution in [-0.4, -0.2) is 46.7 Å². The van der Waals surface area contributed by atoms with Gasteiger partial charge in [0.15, 0.2) is 0 Å². The van der Waals surface area contributed by atoms with E-state index in [1.807, 2.05) is 19.1 Å². The molecule has 10 heteroatoms. The maximum atomic E-state index is 13.0. The van der Waals surface area contributed by atoms with E-state index in [1.165, 1.54) is 29.2 Å². The first kappa shape index (κ1) is 25.4. The number of amides is 1. The molecule has 186 valence electrons. The number of hydrogen-bond donors (Lipinski definition) is 1. The highest BCUT2D eigenvalue weighted by Gasteiger charge is 2.31. The molecule has 0 aliphatic carbocycles. The molecule has 1 aliphatic rings. The summed E-state index contributed by atoms with van der Waals surface area (Å²) in [5, 5.41) is 11.0. The minimum Gasteiger partial charge on any atom is -0.407 e. The maximum Gasteiger partial charge on any atom is 0.322 e. The van der Waals surface area contributed by atoms with E-state index in [0.29, 0.717) is 29.7 Å². The third-order valence-corrected chi connectivity index (χ3v) is 8.85. The lowest BCUT2D eigenvalue weighted by Gasteiger charge is -2.32. The Morgan fingerprint density at radius 1 is 1.11 bits per heavy atom. The molecule has 8 nitrogen and oxygen atoms in total. The SMILES string of the molecule is CC(C)Sc1ccc(Cc2nnc(NC(=O)c3ccc(S(=O)(=O)N4CCCCC4C)cc3)o2)cc1. The molecule has 0 spiro atoms. The van der Waals surface area contributed by atoms with Crippen molar-refractivity contribution >= 4 is 33.7 Å². The molecule has 1 fully saturated rings. The molecule has 0 radical (unpaired) electrons. The minimum atomic E-state index is -3.59. The van der Waals surface area contributed by atoms with Crippen molar-refractivity contribution in [2.24, 2.45) is 0 Å². The van der Waals surface area contributed by atoms with Gasteiger partial charge in [-0.3, -0.25) is 10.1 Å². The van der Waals surface area contributed by atoms with Gasteiger partial charge in [0.1, 0.15) is 0 Å². The van der Waals surface area contributed by atoms with E-state index in [2.05, 4.69) is 41.5 Å². The normalized spacial score (nSPS) is 17.0. The molecule has 4 rings (SSSR count). The Morgan fingerprint density at radius 3 is 2.49 bits per heavy atom. The molecule has 1 amide bonds. The summed E-state index contributed by atoms with van der Waals surface area (Å²) in [5.41, 5.74) is 1.33. The van der Waals surface area contributed by atoms with Gasteiger partial charge in [-0.1, -0.05) is 37.5 Å². The summed E-state index contributed by atoms with van der Waals surface area (Å²) in [6.07, 6.45) is 3.21. The van der Waals surface area contributed by atoms with Crippen molar-refractivity contribution in [3.8, 4) is 0 Å². The average molecular weight is 515 g/mol. The van der Waals surface area contributed by atoms with E-state index in [9.17, 15) is 13.2 Å². The third kappa shape index (κ3) is 6.31. The van der Waals surface area contributed by atoms with Crippen LogP contribution in [0.15, 0.2) is 62.7 Å². The highest BCUT2D eigenvalue weighted by molar-refractivity contribution is 7.99. The van der Waals surface area contributed by atoms with Crippen molar-refractivity contribution in [2.45, 2.75) is 67.5 Å². The highest BCUT2D eigenvalue weighted by Crippen LogP contribution is 2.26. The molecular weight excluding hydrogens is 484 g/mol. The summed E-state index contributed by atoms with van der Waals surface area (Å²) >= 11 is 1.80. The van der Waals surface area contributed by atoms with Gasteiger partial charge in [0.25, 0.3) is 5.91 Å². The van der Waals surface area contributed by atoms with Gasteiger partial charge >= 0.3 is 6.01 Å². The number of benzene rings is 2. The van der Waals surface area contributed by atoms with Crippen LogP contribution in [0.3, 0.4) is 0 Å². The van der Waals surface area contributed by atoms with E-state index in [4.69, 9.17) is 4.42 Å². The van der Waals surface area contributed by atoms with Crippen LogP contribution in [0.5, 0.6) is 0 Å². The molecule has 1 N–H and O–H groups in total. The number of aromatic nitrogens is 2. The van der Waals surface area contributed by atoms with E-state index in [1.54, 1.807) is 16.1 Å². The van der Waals surface area contributed by atoms with Gasteiger partial charge in [0, 0.05) is 28.3 Å². The van der Waals surface area contributed by atoms with Gasteiger partial charge in [0.05, 0.1) is 11.3 Å². The third-order valence-electron chi connectivity index (χ3n) is 5.80. The van der Waals surface area contributed by atoms with Crippen LogP contribution in [0.2, 0.25) is 0 Å². The highest BCUT2D eigenvalue weighted by atomic mass is 32.2. The summed E-state index contributed by atoms with van der Waals surface area (Å²) in [7, 11) is -3.59. The molecule has 1 unspecified atom stereocenters. The predicted octanol–water partition coefficient (Wildman–Crippen LogP) is 4.98. The van der Waals surface area contributed by atoms with Crippen LogP contribution >= 0.6 is 11.8 Å². The van der Waals surface area contributed by atoms with Crippen molar-refractivity contribution in [3.05, 3.63) is 65.5 Å². The fourth-order valence-corrected chi connectivity index (χ4v) is 6.56. The largest absolute Gasteiger partial charge is 0.407 e. The first-order valence-corrected chi connectivity index (χ1v) is 14.1. The first-order chi connectivity index (χ1) is 16.7. The van der Waals surface area contributed by atoms with Gasteiger partial charge in [-0.05, 0) is 61.7 Å². The Bertz CT molecular complexity index is 1260. The Hall–Kier alpha value is -2.69. The topological polar surface area (TPSA) is 105 Å². The molecule has 2 heterocycles. The van der Waals surface area contributed by atoms with Crippen LogP contribution < -0.4 is 5.32 Å². The first-order valence-electron chi connectivity index (χ1n) is 11.7. The van der Waals surface area contributed by atoms with Crippen LogP contribution in [-0.2, 0) is 16.4 Å². The van der Waals surface area contributed by atoms with Gasteiger partial charge in [0.2, 0.25) is 15.9 Å². The Kier molecular flexibility index (Phi) is 7.93. The van der Waals surface area contributed by atoms with Crippen molar-refractivity contribution in [1.82, 2.24) is 14.5 Å². The number of piperidine rings is 1. The number of nitrogens with one attached hydrogen (secondary N) is 1.